The van der Waals surface area contributed by atoms with Crippen molar-refractivity contribution in [2.24, 2.45) is 5.92 Å². The third-order valence-electron chi connectivity index (χ3n) is 5.38. The lowest BCUT2D eigenvalue weighted by Crippen LogP contribution is -2.37. The van der Waals surface area contributed by atoms with Gasteiger partial charge in [0.05, 0.1) is 10.5 Å². The summed E-state index contributed by atoms with van der Waals surface area (Å²) in [4.78, 5) is 15.3. The van der Waals surface area contributed by atoms with E-state index in [0.29, 0.717) is 11.5 Å². The lowest BCUT2D eigenvalue weighted by atomic mass is 10.1. The molecule has 1 aromatic carbocycles. The summed E-state index contributed by atoms with van der Waals surface area (Å²) < 4.78 is 26.2. The van der Waals surface area contributed by atoms with Crippen LogP contribution < -0.4 is 10.2 Å². The summed E-state index contributed by atoms with van der Waals surface area (Å²) in [5.41, 5.74) is 1.30. The van der Waals surface area contributed by atoms with Crippen LogP contribution in [-0.4, -0.2) is 51.9 Å². The van der Waals surface area contributed by atoms with Crippen molar-refractivity contribution in [1.29, 1.82) is 0 Å². The molecule has 0 radical (unpaired) electrons. The molecular formula is C19H29N3O3S. The molecule has 3 rings (SSSR count). The van der Waals surface area contributed by atoms with E-state index in [9.17, 15) is 13.2 Å². The summed E-state index contributed by atoms with van der Waals surface area (Å²) in [5, 5.41) is 3.07. The Morgan fingerprint density at radius 3 is 2.42 bits per heavy atom. The molecule has 0 spiro atoms. The van der Waals surface area contributed by atoms with Crippen LogP contribution in [0.4, 0.5) is 5.69 Å². The summed E-state index contributed by atoms with van der Waals surface area (Å²) >= 11 is 0. The zero-order valence-corrected chi connectivity index (χ0v) is 16.7. The molecule has 26 heavy (non-hydrogen) atoms. The van der Waals surface area contributed by atoms with Gasteiger partial charge in [-0.05, 0) is 63.1 Å². The van der Waals surface area contributed by atoms with E-state index < -0.39 is 10.0 Å². The lowest BCUT2D eigenvalue weighted by Gasteiger charge is -2.31. The molecule has 2 aliphatic rings. The molecule has 144 valence electrons. The molecule has 1 aromatic rings. The molecule has 1 aliphatic heterocycles. The van der Waals surface area contributed by atoms with Crippen molar-refractivity contribution in [2.75, 3.05) is 32.1 Å². The first kappa shape index (κ1) is 19.2. The van der Waals surface area contributed by atoms with Crippen LogP contribution in [0.25, 0.3) is 0 Å². The minimum Gasteiger partial charge on any atom is -0.371 e. The van der Waals surface area contributed by atoms with Crippen LogP contribution >= 0.6 is 0 Å². The van der Waals surface area contributed by atoms with Crippen molar-refractivity contribution in [1.82, 2.24) is 9.62 Å². The van der Waals surface area contributed by atoms with E-state index in [1.165, 1.54) is 30.9 Å². The minimum atomic E-state index is -3.58. The van der Waals surface area contributed by atoms with Crippen molar-refractivity contribution in [3.05, 3.63) is 23.8 Å². The Morgan fingerprint density at radius 2 is 1.85 bits per heavy atom. The van der Waals surface area contributed by atoms with Gasteiger partial charge in [-0.2, -0.15) is 0 Å². The molecule has 1 N–H and O–H groups in total. The molecular weight excluding hydrogens is 350 g/mol. The molecule has 1 saturated carbocycles. The molecule has 1 aliphatic carbocycles. The van der Waals surface area contributed by atoms with Gasteiger partial charge >= 0.3 is 0 Å². The maximum absolute atomic E-state index is 13.0. The van der Waals surface area contributed by atoms with E-state index in [4.69, 9.17) is 0 Å². The van der Waals surface area contributed by atoms with Gasteiger partial charge in [0.25, 0.3) is 5.91 Å². The Bertz CT molecular complexity index is 766. The summed E-state index contributed by atoms with van der Waals surface area (Å²) in [5.74, 6) is 0.367. The lowest BCUT2D eigenvalue weighted by molar-refractivity contribution is 0.0936. The summed E-state index contributed by atoms with van der Waals surface area (Å²) in [6.07, 6.45) is 5.68. The SMILES string of the molecule is C[C@H](NC(=O)c1cc(S(=O)(=O)N(C)C)ccc1N1CCCCC1)C1CC1. The van der Waals surface area contributed by atoms with Crippen LogP contribution in [-0.2, 0) is 10.0 Å². The number of anilines is 1. The molecule has 7 heteroatoms. The van der Waals surface area contributed by atoms with Crippen LogP contribution in [0.15, 0.2) is 23.1 Å². The Hall–Kier alpha value is -1.60. The number of nitrogens with one attached hydrogen (secondary N) is 1. The number of hydrogen-bond donors (Lipinski definition) is 1. The maximum atomic E-state index is 13.0. The van der Waals surface area contributed by atoms with E-state index in [1.807, 2.05) is 6.92 Å². The van der Waals surface area contributed by atoms with E-state index in [1.54, 1.807) is 12.1 Å². The Kier molecular flexibility index (Phi) is 5.58. The second kappa shape index (κ2) is 7.56. The number of carbonyl (C=O) groups is 1. The molecule has 1 heterocycles. The molecule has 2 fully saturated rings. The van der Waals surface area contributed by atoms with Gasteiger partial charge in [-0.1, -0.05) is 0 Å². The van der Waals surface area contributed by atoms with Crippen LogP contribution in [0.3, 0.4) is 0 Å². The van der Waals surface area contributed by atoms with Crippen molar-refractivity contribution in [2.45, 2.75) is 50.0 Å². The molecule has 0 bridgehead atoms. The molecule has 1 saturated heterocycles. The van der Waals surface area contributed by atoms with Crippen molar-refractivity contribution in [3.8, 4) is 0 Å². The first-order chi connectivity index (χ1) is 12.3. The van der Waals surface area contributed by atoms with Crippen molar-refractivity contribution >= 4 is 21.6 Å². The van der Waals surface area contributed by atoms with Gasteiger partial charge in [0, 0.05) is 38.9 Å². The fourth-order valence-electron chi connectivity index (χ4n) is 3.48. The second-order valence-electron chi connectivity index (χ2n) is 7.61. The minimum absolute atomic E-state index is 0.116. The highest BCUT2D eigenvalue weighted by Crippen LogP contribution is 2.33. The highest BCUT2D eigenvalue weighted by atomic mass is 32.2. The Balaban J connectivity index is 1.96. The van der Waals surface area contributed by atoms with Crippen LogP contribution in [0.2, 0.25) is 0 Å². The number of amides is 1. The molecule has 6 nitrogen and oxygen atoms in total. The fraction of sp³-hybridized carbons (Fsp3) is 0.632. The number of piperidine rings is 1. The van der Waals surface area contributed by atoms with Crippen LogP contribution in [0, 0.1) is 5.92 Å². The standard InChI is InChI=1S/C19H29N3O3S/c1-14(15-7-8-15)20-19(23)17-13-16(26(24,25)21(2)3)9-10-18(17)22-11-5-4-6-12-22/h9-10,13-15H,4-8,11-12H2,1-3H3,(H,20,23)/t14-/m0/s1. The molecule has 1 amide bonds. The topological polar surface area (TPSA) is 69.7 Å². The van der Waals surface area contributed by atoms with Gasteiger partial charge in [-0.25, -0.2) is 12.7 Å². The van der Waals surface area contributed by atoms with Gasteiger partial charge in [-0.15, -0.1) is 0 Å². The van der Waals surface area contributed by atoms with Gasteiger partial charge in [0.2, 0.25) is 10.0 Å². The Morgan fingerprint density at radius 1 is 1.19 bits per heavy atom. The third-order valence-corrected chi connectivity index (χ3v) is 7.19. The van der Waals surface area contributed by atoms with Crippen LogP contribution in [0.1, 0.15) is 49.4 Å². The predicted molar refractivity (Wildman–Crippen MR) is 103 cm³/mol. The zero-order valence-electron chi connectivity index (χ0n) is 15.9. The van der Waals surface area contributed by atoms with E-state index in [0.717, 1.165) is 44.5 Å². The highest BCUT2D eigenvalue weighted by Gasteiger charge is 2.30. The highest BCUT2D eigenvalue weighted by molar-refractivity contribution is 7.89. The maximum Gasteiger partial charge on any atom is 0.253 e. The first-order valence-electron chi connectivity index (χ1n) is 9.43. The average molecular weight is 380 g/mol. The second-order valence-corrected chi connectivity index (χ2v) is 9.77. The third kappa shape index (κ3) is 4.04. The quantitative estimate of drug-likeness (QED) is 0.824. The van der Waals surface area contributed by atoms with Gasteiger partial charge in [-0.3, -0.25) is 4.79 Å². The fourth-order valence-corrected chi connectivity index (χ4v) is 4.41. The van der Waals surface area contributed by atoms with E-state index in [-0.39, 0.29) is 16.8 Å². The van der Waals surface area contributed by atoms with Gasteiger partial charge in [0.15, 0.2) is 0 Å². The molecule has 0 aromatic heterocycles. The van der Waals surface area contributed by atoms with Crippen molar-refractivity contribution < 1.29 is 13.2 Å². The molecule has 0 unspecified atom stereocenters. The predicted octanol–water partition coefficient (Wildman–Crippen LogP) is 2.46. The normalized spacial score (nSPS) is 19.5. The Labute approximate surface area is 156 Å². The zero-order chi connectivity index (χ0) is 18.9. The number of rotatable bonds is 6. The van der Waals surface area contributed by atoms with Crippen LogP contribution in [0.5, 0.6) is 0 Å². The van der Waals surface area contributed by atoms with E-state index in [2.05, 4.69) is 10.2 Å². The first-order valence-corrected chi connectivity index (χ1v) is 10.9. The number of carbonyl (C=O) groups excluding carboxylic acids is 1. The number of nitrogens with zero attached hydrogens (tertiary/aromatic N) is 2. The summed E-state index contributed by atoms with van der Waals surface area (Å²) in [6, 6.07) is 5.05. The number of sulfonamides is 1. The summed E-state index contributed by atoms with van der Waals surface area (Å²) in [6.45, 7) is 3.83. The number of hydrogen-bond acceptors (Lipinski definition) is 4. The van der Waals surface area contributed by atoms with E-state index >= 15 is 0 Å². The van der Waals surface area contributed by atoms with Crippen molar-refractivity contribution in [3.63, 3.8) is 0 Å². The molecule has 1 atom stereocenters. The smallest absolute Gasteiger partial charge is 0.253 e. The average Bonchev–Trinajstić information content (AvgIpc) is 3.47. The number of benzene rings is 1. The largest absolute Gasteiger partial charge is 0.371 e. The summed E-state index contributed by atoms with van der Waals surface area (Å²) in [7, 11) is -0.572. The van der Waals surface area contributed by atoms with Gasteiger partial charge < -0.3 is 10.2 Å². The van der Waals surface area contributed by atoms with Gasteiger partial charge in [0.1, 0.15) is 0 Å². The monoisotopic (exact) mass is 379 g/mol.